The fourth-order valence-corrected chi connectivity index (χ4v) is 1.80. The van der Waals surface area contributed by atoms with Crippen molar-refractivity contribution in [2.24, 2.45) is 0 Å². The maximum Gasteiger partial charge on any atom is 0.251 e. The summed E-state index contributed by atoms with van der Waals surface area (Å²) in [5.41, 5.74) is 1.71. The van der Waals surface area contributed by atoms with Crippen LogP contribution in [-0.4, -0.2) is 31.2 Å². The van der Waals surface area contributed by atoms with Crippen LogP contribution in [0.5, 0.6) is 0 Å². The second kappa shape index (κ2) is 6.06. The molecular formula is C15H22N2O2. The molecule has 0 saturated heterocycles. The van der Waals surface area contributed by atoms with E-state index in [2.05, 4.69) is 17.6 Å². The van der Waals surface area contributed by atoms with Gasteiger partial charge in [-0.1, -0.05) is 0 Å². The highest BCUT2D eigenvalue weighted by Crippen LogP contribution is 2.20. The number of anilines is 1. The van der Waals surface area contributed by atoms with Crippen molar-refractivity contribution in [2.45, 2.75) is 44.9 Å². The molecule has 1 aliphatic rings. The van der Waals surface area contributed by atoms with Gasteiger partial charge in [0.25, 0.3) is 5.91 Å². The molecule has 0 spiro atoms. The Kier molecular flexibility index (Phi) is 4.43. The predicted octanol–water partition coefficient (Wildman–Crippen LogP) is 2.41. The van der Waals surface area contributed by atoms with Crippen LogP contribution >= 0.6 is 0 Å². The molecule has 2 unspecified atom stereocenters. The third-order valence-corrected chi connectivity index (χ3v) is 3.53. The van der Waals surface area contributed by atoms with E-state index in [0.29, 0.717) is 11.6 Å². The van der Waals surface area contributed by atoms with E-state index in [4.69, 9.17) is 4.74 Å². The monoisotopic (exact) mass is 262 g/mol. The van der Waals surface area contributed by atoms with Crippen LogP contribution in [0.1, 0.15) is 37.0 Å². The zero-order valence-electron chi connectivity index (χ0n) is 11.8. The summed E-state index contributed by atoms with van der Waals surface area (Å²) >= 11 is 0. The Morgan fingerprint density at radius 1 is 1.26 bits per heavy atom. The molecule has 1 amide bonds. The van der Waals surface area contributed by atoms with Crippen molar-refractivity contribution in [3.8, 4) is 0 Å². The lowest BCUT2D eigenvalue weighted by molar-refractivity contribution is 0.0951. The van der Waals surface area contributed by atoms with Crippen molar-refractivity contribution >= 4 is 11.6 Å². The zero-order chi connectivity index (χ0) is 13.8. The molecule has 0 bridgehead atoms. The fourth-order valence-electron chi connectivity index (χ4n) is 1.80. The summed E-state index contributed by atoms with van der Waals surface area (Å²) in [4.78, 5) is 11.8. The van der Waals surface area contributed by atoms with E-state index >= 15 is 0 Å². The average molecular weight is 262 g/mol. The molecule has 4 heteroatoms. The van der Waals surface area contributed by atoms with Gasteiger partial charge in [0.2, 0.25) is 0 Å². The molecule has 0 aliphatic heterocycles. The summed E-state index contributed by atoms with van der Waals surface area (Å²) in [5.74, 6) is 0.0207. The minimum absolute atomic E-state index is 0.0207. The molecule has 2 atom stereocenters. The lowest BCUT2D eigenvalue weighted by Gasteiger charge is -2.21. The molecular weight excluding hydrogens is 240 g/mol. The van der Waals surface area contributed by atoms with Crippen LogP contribution in [0.4, 0.5) is 5.69 Å². The Hall–Kier alpha value is -1.55. The standard InChI is InChI=1S/C15H22N2O2/c1-10(11(2)19-3)16-13-6-4-12(5-7-13)15(18)17-14-8-9-14/h4-7,10-11,14,16H,8-9H2,1-3H3,(H,17,18). The van der Waals surface area contributed by atoms with Gasteiger partial charge in [-0.3, -0.25) is 4.79 Å². The SMILES string of the molecule is COC(C)C(C)Nc1ccc(C(=O)NC2CC2)cc1. The molecule has 0 heterocycles. The summed E-state index contributed by atoms with van der Waals surface area (Å²) in [6, 6.07) is 8.18. The molecule has 2 rings (SSSR count). The van der Waals surface area contributed by atoms with Gasteiger partial charge in [0.15, 0.2) is 0 Å². The Morgan fingerprint density at radius 3 is 2.42 bits per heavy atom. The maximum absolute atomic E-state index is 11.8. The first-order valence-corrected chi connectivity index (χ1v) is 6.80. The van der Waals surface area contributed by atoms with Crippen molar-refractivity contribution < 1.29 is 9.53 Å². The number of carbonyl (C=O) groups excluding carboxylic acids is 1. The average Bonchev–Trinajstić information content (AvgIpc) is 3.22. The van der Waals surface area contributed by atoms with Gasteiger partial charge < -0.3 is 15.4 Å². The van der Waals surface area contributed by atoms with E-state index in [1.165, 1.54) is 0 Å². The third-order valence-electron chi connectivity index (χ3n) is 3.53. The number of hydrogen-bond acceptors (Lipinski definition) is 3. The Bertz CT molecular complexity index is 426. The van der Waals surface area contributed by atoms with Crippen molar-refractivity contribution in [3.63, 3.8) is 0 Å². The summed E-state index contributed by atoms with van der Waals surface area (Å²) < 4.78 is 5.27. The molecule has 2 N–H and O–H groups in total. The highest BCUT2D eigenvalue weighted by Gasteiger charge is 2.23. The van der Waals surface area contributed by atoms with Crippen LogP contribution in [0.3, 0.4) is 0 Å². The first kappa shape index (κ1) is 13.9. The lowest BCUT2D eigenvalue weighted by Crippen LogP contribution is -2.29. The van der Waals surface area contributed by atoms with Gasteiger partial charge in [-0.2, -0.15) is 0 Å². The van der Waals surface area contributed by atoms with E-state index in [1.807, 2.05) is 31.2 Å². The zero-order valence-corrected chi connectivity index (χ0v) is 11.8. The Morgan fingerprint density at radius 2 is 1.89 bits per heavy atom. The second-order valence-electron chi connectivity index (χ2n) is 5.20. The third kappa shape index (κ3) is 3.96. The Labute approximate surface area is 114 Å². The smallest absolute Gasteiger partial charge is 0.251 e. The van der Waals surface area contributed by atoms with Crippen LogP contribution in [0.15, 0.2) is 24.3 Å². The maximum atomic E-state index is 11.8. The quantitative estimate of drug-likeness (QED) is 0.827. The first-order valence-electron chi connectivity index (χ1n) is 6.80. The number of nitrogens with one attached hydrogen (secondary N) is 2. The van der Waals surface area contributed by atoms with Gasteiger partial charge >= 0.3 is 0 Å². The predicted molar refractivity (Wildman–Crippen MR) is 76.5 cm³/mol. The van der Waals surface area contributed by atoms with E-state index in [1.54, 1.807) is 7.11 Å². The van der Waals surface area contributed by atoms with Gasteiger partial charge in [0, 0.05) is 30.4 Å². The topological polar surface area (TPSA) is 50.4 Å². The molecule has 1 aliphatic carbocycles. The second-order valence-corrected chi connectivity index (χ2v) is 5.20. The lowest BCUT2D eigenvalue weighted by atomic mass is 10.1. The molecule has 1 aromatic carbocycles. The number of hydrogen-bond donors (Lipinski definition) is 2. The highest BCUT2D eigenvalue weighted by atomic mass is 16.5. The Balaban J connectivity index is 1.91. The number of rotatable bonds is 6. The molecule has 1 saturated carbocycles. The first-order chi connectivity index (χ1) is 9.10. The van der Waals surface area contributed by atoms with Crippen LogP contribution < -0.4 is 10.6 Å². The summed E-state index contributed by atoms with van der Waals surface area (Å²) in [5, 5.41) is 6.33. The highest BCUT2D eigenvalue weighted by molar-refractivity contribution is 5.94. The number of benzene rings is 1. The van der Waals surface area contributed by atoms with E-state index in [-0.39, 0.29) is 18.1 Å². The summed E-state index contributed by atoms with van der Waals surface area (Å²) in [7, 11) is 1.70. The fraction of sp³-hybridized carbons (Fsp3) is 0.533. The van der Waals surface area contributed by atoms with Crippen LogP contribution in [0, 0.1) is 0 Å². The normalized spacial score (nSPS) is 17.6. The van der Waals surface area contributed by atoms with E-state index in [9.17, 15) is 4.79 Å². The molecule has 4 nitrogen and oxygen atoms in total. The van der Waals surface area contributed by atoms with Crippen molar-refractivity contribution in [2.75, 3.05) is 12.4 Å². The van der Waals surface area contributed by atoms with Crippen LogP contribution in [0.25, 0.3) is 0 Å². The number of methoxy groups -OCH3 is 1. The van der Waals surface area contributed by atoms with Gasteiger partial charge in [-0.25, -0.2) is 0 Å². The molecule has 0 aromatic heterocycles. The van der Waals surface area contributed by atoms with E-state index < -0.39 is 0 Å². The van der Waals surface area contributed by atoms with Crippen molar-refractivity contribution in [3.05, 3.63) is 29.8 Å². The number of carbonyl (C=O) groups is 1. The van der Waals surface area contributed by atoms with Gasteiger partial charge in [0.05, 0.1) is 6.10 Å². The molecule has 19 heavy (non-hydrogen) atoms. The molecule has 1 fully saturated rings. The van der Waals surface area contributed by atoms with Crippen LogP contribution in [-0.2, 0) is 4.74 Å². The van der Waals surface area contributed by atoms with Gasteiger partial charge in [0.1, 0.15) is 0 Å². The summed E-state index contributed by atoms with van der Waals surface area (Å²) in [6.45, 7) is 4.09. The minimum atomic E-state index is 0.0207. The van der Waals surface area contributed by atoms with E-state index in [0.717, 1.165) is 18.5 Å². The largest absolute Gasteiger partial charge is 0.380 e. The number of amides is 1. The minimum Gasteiger partial charge on any atom is -0.380 e. The molecule has 104 valence electrons. The van der Waals surface area contributed by atoms with Crippen molar-refractivity contribution in [1.29, 1.82) is 0 Å². The van der Waals surface area contributed by atoms with Gasteiger partial charge in [-0.15, -0.1) is 0 Å². The molecule has 1 aromatic rings. The van der Waals surface area contributed by atoms with Gasteiger partial charge in [-0.05, 0) is 51.0 Å². The van der Waals surface area contributed by atoms with Crippen molar-refractivity contribution in [1.82, 2.24) is 5.32 Å². The van der Waals surface area contributed by atoms with Crippen LogP contribution in [0.2, 0.25) is 0 Å². The summed E-state index contributed by atoms with van der Waals surface area (Å²) in [6.07, 6.45) is 2.35. The number of ether oxygens (including phenoxy) is 1. The molecule has 0 radical (unpaired) electrons.